The van der Waals surface area contributed by atoms with Crippen molar-refractivity contribution in [3.63, 3.8) is 0 Å². The van der Waals surface area contributed by atoms with Crippen molar-refractivity contribution in [2.75, 3.05) is 6.54 Å². The van der Waals surface area contributed by atoms with Gasteiger partial charge in [-0.2, -0.15) is 0 Å². The smallest absolute Gasteiger partial charge is 0.273 e. The number of benzene rings is 2. The highest BCUT2D eigenvalue weighted by atomic mass is 35.5. The first-order valence-corrected chi connectivity index (χ1v) is 10.7. The molecule has 0 aliphatic rings. The van der Waals surface area contributed by atoms with Crippen LogP contribution >= 0.6 is 23.2 Å². The minimum Gasteiger partial charge on any atom is -0.448 e. The number of nitrogens with zero attached hydrogens (tertiary/aromatic N) is 1. The van der Waals surface area contributed by atoms with Crippen LogP contribution in [0.2, 0.25) is 10.0 Å². The molecule has 0 saturated heterocycles. The van der Waals surface area contributed by atoms with E-state index in [9.17, 15) is 14.0 Å². The maximum absolute atomic E-state index is 14.0. The molecule has 0 bridgehead atoms. The third-order valence-electron chi connectivity index (χ3n) is 4.97. The van der Waals surface area contributed by atoms with Crippen molar-refractivity contribution in [2.24, 2.45) is 0 Å². The Morgan fingerprint density at radius 1 is 1.09 bits per heavy atom. The van der Waals surface area contributed by atoms with Crippen LogP contribution in [-0.4, -0.2) is 23.3 Å². The fourth-order valence-electron chi connectivity index (χ4n) is 3.08. The fourth-order valence-corrected chi connectivity index (χ4v) is 3.62. The van der Waals surface area contributed by atoms with Crippen LogP contribution in [0.25, 0.3) is 0 Å². The highest BCUT2D eigenvalue weighted by molar-refractivity contribution is 6.34. The Hall–Kier alpha value is -2.90. The van der Waals surface area contributed by atoms with Crippen LogP contribution in [0.3, 0.4) is 0 Å². The van der Waals surface area contributed by atoms with E-state index in [4.69, 9.17) is 27.6 Å². The number of rotatable bonds is 7. The quantitative estimate of drug-likeness (QED) is 0.489. The van der Waals surface area contributed by atoms with E-state index in [1.54, 1.807) is 12.1 Å². The lowest BCUT2D eigenvalue weighted by Crippen LogP contribution is -2.38. The molecule has 2 aromatic carbocycles. The summed E-state index contributed by atoms with van der Waals surface area (Å²) in [5.74, 6) is -1.10. The van der Waals surface area contributed by atoms with Crippen LogP contribution in [0, 0.1) is 19.7 Å². The van der Waals surface area contributed by atoms with E-state index in [1.807, 2.05) is 20.8 Å². The number of carbonyl (C=O) groups is 2. The first-order valence-electron chi connectivity index (χ1n) is 9.94. The van der Waals surface area contributed by atoms with E-state index >= 15 is 0 Å². The summed E-state index contributed by atoms with van der Waals surface area (Å²) in [6.45, 7) is 5.59. The Morgan fingerprint density at radius 3 is 2.47 bits per heavy atom. The van der Waals surface area contributed by atoms with Gasteiger partial charge in [0.1, 0.15) is 12.1 Å². The zero-order chi connectivity index (χ0) is 23.4. The zero-order valence-corrected chi connectivity index (χ0v) is 19.3. The molecular weight excluding hydrogens is 456 g/mol. The lowest BCUT2D eigenvalue weighted by Gasteiger charge is -2.20. The summed E-state index contributed by atoms with van der Waals surface area (Å²) in [6, 6.07) is 6.54. The van der Waals surface area contributed by atoms with Gasteiger partial charge in [0.25, 0.3) is 11.8 Å². The Bertz CT molecular complexity index is 1140. The molecular formula is C23H22Cl2FN3O3. The predicted octanol–water partition coefficient (Wildman–Crippen LogP) is 5.20. The monoisotopic (exact) mass is 477 g/mol. The van der Waals surface area contributed by atoms with E-state index in [0.717, 1.165) is 17.2 Å². The predicted molar refractivity (Wildman–Crippen MR) is 121 cm³/mol. The van der Waals surface area contributed by atoms with Gasteiger partial charge in [0, 0.05) is 18.0 Å². The average Bonchev–Trinajstić information content (AvgIpc) is 3.22. The SMILES string of the molecule is CCc1nc(C(=O)NC(CNC(=O)c2cc(C)c(C)cc2Cl)c2cc(F)cc(Cl)c2)co1. The molecule has 0 fully saturated rings. The number of aromatic nitrogens is 1. The Kier molecular flexibility index (Phi) is 7.53. The fraction of sp³-hybridized carbons (Fsp3) is 0.261. The maximum atomic E-state index is 14.0. The number of nitrogens with one attached hydrogen (secondary N) is 2. The Balaban J connectivity index is 1.83. The number of carbonyl (C=O) groups excluding carboxylic acids is 2. The maximum Gasteiger partial charge on any atom is 0.273 e. The second kappa shape index (κ2) is 10.1. The van der Waals surface area contributed by atoms with E-state index in [2.05, 4.69) is 15.6 Å². The van der Waals surface area contributed by atoms with Gasteiger partial charge < -0.3 is 15.1 Å². The molecule has 2 N–H and O–H groups in total. The van der Waals surface area contributed by atoms with Crippen molar-refractivity contribution in [1.82, 2.24) is 15.6 Å². The molecule has 1 unspecified atom stereocenters. The minimum absolute atomic E-state index is 0.0356. The summed E-state index contributed by atoms with van der Waals surface area (Å²) >= 11 is 12.2. The number of halogens is 3. The van der Waals surface area contributed by atoms with Gasteiger partial charge in [-0.1, -0.05) is 30.1 Å². The van der Waals surface area contributed by atoms with Gasteiger partial charge in [-0.05, 0) is 60.9 Å². The molecule has 1 atom stereocenters. The summed E-state index contributed by atoms with van der Waals surface area (Å²) in [4.78, 5) is 29.5. The molecule has 168 valence electrons. The highest BCUT2D eigenvalue weighted by Gasteiger charge is 2.21. The number of hydrogen-bond acceptors (Lipinski definition) is 4. The van der Waals surface area contributed by atoms with Gasteiger partial charge in [0.05, 0.1) is 16.6 Å². The Morgan fingerprint density at radius 2 is 1.81 bits per heavy atom. The molecule has 3 aromatic rings. The van der Waals surface area contributed by atoms with Crippen molar-refractivity contribution in [1.29, 1.82) is 0 Å². The molecule has 1 aromatic heterocycles. The van der Waals surface area contributed by atoms with Crippen LogP contribution in [0.4, 0.5) is 4.39 Å². The molecule has 2 amide bonds. The second-order valence-corrected chi connectivity index (χ2v) is 8.18. The number of hydrogen-bond donors (Lipinski definition) is 2. The second-order valence-electron chi connectivity index (χ2n) is 7.34. The van der Waals surface area contributed by atoms with Crippen molar-refractivity contribution in [3.05, 3.63) is 86.3 Å². The van der Waals surface area contributed by atoms with Crippen molar-refractivity contribution >= 4 is 35.0 Å². The topological polar surface area (TPSA) is 84.2 Å². The third kappa shape index (κ3) is 5.66. The van der Waals surface area contributed by atoms with Crippen LogP contribution in [0.5, 0.6) is 0 Å². The van der Waals surface area contributed by atoms with Gasteiger partial charge in [0.2, 0.25) is 0 Å². The number of oxazole rings is 1. The largest absolute Gasteiger partial charge is 0.448 e. The molecule has 1 heterocycles. The van der Waals surface area contributed by atoms with E-state index in [0.29, 0.717) is 28.5 Å². The van der Waals surface area contributed by atoms with Gasteiger partial charge in [-0.3, -0.25) is 9.59 Å². The minimum atomic E-state index is -0.785. The van der Waals surface area contributed by atoms with Crippen LogP contribution in [-0.2, 0) is 6.42 Å². The summed E-state index contributed by atoms with van der Waals surface area (Å²) in [6.07, 6.45) is 1.78. The summed E-state index contributed by atoms with van der Waals surface area (Å²) < 4.78 is 19.2. The Labute approximate surface area is 195 Å². The molecule has 0 spiro atoms. The van der Waals surface area contributed by atoms with Crippen LogP contribution < -0.4 is 10.6 Å². The van der Waals surface area contributed by atoms with E-state index < -0.39 is 23.7 Å². The molecule has 3 rings (SSSR count). The normalized spacial score (nSPS) is 11.8. The number of aryl methyl sites for hydroxylation is 3. The third-order valence-corrected chi connectivity index (χ3v) is 5.51. The lowest BCUT2D eigenvalue weighted by atomic mass is 10.0. The van der Waals surface area contributed by atoms with Crippen molar-refractivity contribution < 1.29 is 18.4 Å². The van der Waals surface area contributed by atoms with Gasteiger partial charge in [0.15, 0.2) is 11.6 Å². The summed E-state index contributed by atoms with van der Waals surface area (Å²) in [5, 5.41) is 5.98. The number of amides is 2. The molecule has 0 radical (unpaired) electrons. The molecule has 6 nitrogen and oxygen atoms in total. The first kappa shape index (κ1) is 23.8. The molecule has 9 heteroatoms. The first-order chi connectivity index (χ1) is 15.2. The van der Waals surface area contributed by atoms with Crippen molar-refractivity contribution in [3.8, 4) is 0 Å². The van der Waals surface area contributed by atoms with Crippen molar-refractivity contribution in [2.45, 2.75) is 33.2 Å². The summed E-state index contributed by atoms with van der Waals surface area (Å²) in [5.41, 5.74) is 2.65. The molecule has 0 saturated carbocycles. The average molecular weight is 478 g/mol. The van der Waals surface area contributed by atoms with Gasteiger partial charge in [-0.25, -0.2) is 9.37 Å². The highest BCUT2D eigenvalue weighted by Crippen LogP contribution is 2.23. The van der Waals surface area contributed by atoms with E-state index in [-0.39, 0.29) is 17.3 Å². The standard InChI is InChI=1S/C23H22Cl2FN3O3/c1-4-21-28-20(11-32-21)23(31)29-19(14-7-15(24)9-16(26)8-14)10-27-22(30)17-5-12(2)13(3)6-18(17)25/h5-9,11,19H,4,10H2,1-3H3,(H,27,30)(H,29,31). The van der Waals surface area contributed by atoms with Crippen LogP contribution in [0.15, 0.2) is 41.0 Å². The van der Waals surface area contributed by atoms with Crippen LogP contribution in [0.1, 0.15) is 56.4 Å². The zero-order valence-electron chi connectivity index (χ0n) is 17.8. The van der Waals surface area contributed by atoms with E-state index in [1.165, 1.54) is 18.4 Å². The lowest BCUT2D eigenvalue weighted by molar-refractivity contribution is 0.0905. The van der Waals surface area contributed by atoms with Gasteiger partial charge >= 0.3 is 0 Å². The molecule has 32 heavy (non-hydrogen) atoms. The van der Waals surface area contributed by atoms with Gasteiger partial charge in [-0.15, -0.1) is 0 Å². The molecule has 0 aliphatic carbocycles. The molecule has 0 aliphatic heterocycles. The summed E-state index contributed by atoms with van der Waals surface area (Å²) in [7, 11) is 0.